The molecule has 1 amide bonds. The Balaban J connectivity index is 1.65. The SMILES string of the molecule is Cc1nn(CC(=O)Nc2cccc(OC3CCCC3)c2)c(C)c1[N+](=O)[O-]. The van der Waals surface area contributed by atoms with Crippen LogP contribution in [0.3, 0.4) is 0 Å². The standard InChI is InChI=1S/C18H22N4O4/c1-12-18(22(24)25)13(2)21(20-12)11-17(23)19-14-6-5-9-16(10-14)26-15-7-3-4-8-15/h5-6,9-10,15H,3-4,7-8,11H2,1-2H3,(H,19,23). The van der Waals surface area contributed by atoms with Crippen molar-refractivity contribution in [3.8, 4) is 5.75 Å². The van der Waals surface area contributed by atoms with Gasteiger partial charge in [0, 0.05) is 11.8 Å². The fraction of sp³-hybridized carbons (Fsp3) is 0.444. The molecule has 3 rings (SSSR count). The number of aromatic nitrogens is 2. The van der Waals surface area contributed by atoms with Gasteiger partial charge in [0.15, 0.2) is 0 Å². The van der Waals surface area contributed by atoms with Crippen molar-refractivity contribution in [2.75, 3.05) is 5.32 Å². The highest BCUT2D eigenvalue weighted by molar-refractivity contribution is 5.90. The molecule has 1 aliphatic rings. The molecule has 0 spiro atoms. The molecule has 1 aromatic carbocycles. The molecule has 0 saturated heterocycles. The Kier molecular flexibility index (Phi) is 5.20. The summed E-state index contributed by atoms with van der Waals surface area (Å²) in [6.07, 6.45) is 4.75. The van der Waals surface area contributed by atoms with Gasteiger partial charge in [0.2, 0.25) is 5.91 Å². The van der Waals surface area contributed by atoms with Crippen LogP contribution in [0.2, 0.25) is 0 Å². The average Bonchev–Trinajstić information content (AvgIpc) is 3.16. The third kappa shape index (κ3) is 4.01. The van der Waals surface area contributed by atoms with Gasteiger partial charge in [-0.1, -0.05) is 6.07 Å². The van der Waals surface area contributed by atoms with Crippen LogP contribution in [0.25, 0.3) is 0 Å². The van der Waals surface area contributed by atoms with Crippen molar-refractivity contribution in [2.24, 2.45) is 0 Å². The van der Waals surface area contributed by atoms with E-state index in [1.165, 1.54) is 17.5 Å². The zero-order valence-corrected chi connectivity index (χ0v) is 14.9. The first-order valence-electron chi connectivity index (χ1n) is 8.69. The van der Waals surface area contributed by atoms with Gasteiger partial charge in [-0.25, -0.2) is 0 Å². The number of amides is 1. The molecule has 1 N–H and O–H groups in total. The number of benzene rings is 1. The zero-order valence-electron chi connectivity index (χ0n) is 14.9. The van der Waals surface area contributed by atoms with Crippen molar-refractivity contribution in [3.63, 3.8) is 0 Å². The molecule has 1 saturated carbocycles. The van der Waals surface area contributed by atoms with E-state index in [0.717, 1.165) is 18.6 Å². The first-order valence-corrected chi connectivity index (χ1v) is 8.69. The number of nitrogens with one attached hydrogen (secondary N) is 1. The number of ether oxygens (including phenoxy) is 1. The third-order valence-electron chi connectivity index (χ3n) is 4.54. The summed E-state index contributed by atoms with van der Waals surface area (Å²) in [5.74, 6) is 0.431. The molecule has 0 atom stereocenters. The highest BCUT2D eigenvalue weighted by Gasteiger charge is 2.23. The second-order valence-corrected chi connectivity index (χ2v) is 6.53. The lowest BCUT2D eigenvalue weighted by molar-refractivity contribution is -0.386. The van der Waals surface area contributed by atoms with E-state index in [1.807, 2.05) is 12.1 Å². The van der Waals surface area contributed by atoms with E-state index in [0.29, 0.717) is 17.1 Å². The number of nitrogens with zero attached hydrogens (tertiary/aromatic N) is 3. The highest BCUT2D eigenvalue weighted by atomic mass is 16.6. The second kappa shape index (κ2) is 7.55. The van der Waals surface area contributed by atoms with Crippen molar-refractivity contribution in [1.82, 2.24) is 9.78 Å². The summed E-state index contributed by atoms with van der Waals surface area (Å²) < 4.78 is 7.29. The number of hydrogen-bond acceptors (Lipinski definition) is 5. The molecule has 1 fully saturated rings. The lowest BCUT2D eigenvalue weighted by Crippen LogP contribution is -2.20. The number of carbonyl (C=O) groups excluding carboxylic acids is 1. The van der Waals surface area contributed by atoms with E-state index < -0.39 is 4.92 Å². The van der Waals surface area contributed by atoms with E-state index in [1.54, 1.807) is 26.0 Å². The molecule has 8 nitrogen and oxygen atoms in total. The molecule has 8 heteroatoms. The summed E-state index contributed by atoms with van der Waals surface area (Å²) in [5, 5.41) is 17.9. The van der Waals surface area contributed by atoms with Gasteiger partial charge in [-0.15, -0.1) is 0 Å². The van der Waals surface area contributed by atoms with Crippen LogP contribution in [0.5, 0.6) is 5.75 Å². The number of nitro groups is 1. The molecular formula is C18H22N4O4. The van der Waals surface area contributed by atoms with Gasteiger partial charge < -0.3 is 10.1 Å². The normalized spacial score (nSPS) is 14.4. The molecule has 1 heterocycles. The number of hydrogen-bond donors (Lipinski definition) is 1. The minimum atomic E-state index is -0.476. The van der Waals surface area contributed by atoms with Gasteiger partial charge in [-0.3, -0.25) is 19.6 Å². The Labute approximate surface area is 151 Å². The Bertz CT molecular complexity index is 825. The number of anilines is 1. The number of aryl methyl sites for hydroxylation is 1. The number of rotatable bonds is 6. The van der Waals surface area contributed by atoms with Crippen LogP contribution in [-0.2, 0) is 11.3 Å². The van der Waals surface area contributed by atoms with E-state index in [-0.39, 0.29) is 24.2 Å². The van der Waals surface area contributed by atoms with Gasteiger partial charge in [0.25, 0.3) is 0 Å². The molecule has 1 aromatic heterocycles. The molecule has 26 heavy (non-hydrogen) atoms. The predicted molar refractivity (Wildman–Crippen MR) is 96.3 cm³/mol. The van der Waals surface area contributed by atoms with Crippen LogP contribution in [0, 0.1) is 24.0 Å². The van der Waals surface area contributed by atoms with E-state index >= 15 is 0 Å². The van der Waals surface area contributed by atoms with Crippen molar-refractivity contribution in [1.29, 1.82) is 0 Å². The lowest BCUT2D eigenvalue weighted by Gasteiger charge is -2.14. The van der Waals surface area contributed by atoms with Crippen molar-refractivity contribution in [2.45, 2.75) is 52.2 Å². The first-order chi connectivity index (χ1) is 12.4. The van der Waals surface area contributed by atoms with Crippen LogP contribution >= 0.6 is 0 Å². The molecule has 0 radical (unpaired) electrons. The van der Waals surface area contributed by atoms with E-state index in [4.69, 9.17) is 4.74 Å². The Morgan fingerprint density at radius 1 is 1.38 bits per heavy atom. The predicted octanol–water partition coefficient (Wildman–Crippen LogP) is 3.37. The summed E-state index contributed by atoms with van der Waals surface area (Å²) in [6, 6.07) is 7.27. The minimum Gasteiger partial charge on any atom is -0.490 e. The zero-order chi connectivity index (χ0) is 18.7. The van der Waals surface area contributed by atoms with Gasteiger partial charge in [-0.05, 0) is 51.7 Å². The third-order valence-corrected chi connectivity index (χ3v) is 4.54. The molecular weight excluding hydrogens is 336 g/mol. The Morgan fingerprint density at radius 2 is 2.12 bits per heavy atom. The summed E-state index contributed by atoms with van der Waals surface area (Å²) in [4.78, 5) is 22.9. The lowest BCUT2D eigenvalue weighted by atomic mass is 10.2. The fourth-order valence-corrected chi connectivity index (χ4v) is 3.29. The van der Waals surface area contributed by atoms with Crippen molar-refractivity contribution in [3.05, 3.63) is 45.8 Å². The highest BCUT2D eigenvalue weighted by Crippen LogP contribution is 2.26. The summed E-state index contributed by atoms with van der Waals surface area (Å²) >= 11 is 0. The van der Waals surface area contributed by atoms with Crippen molar-refractivity contribution >= 4 is 17.3 Å². The van der Waals surface area contributed by atoms with Gasteiger partial charge in [0.05, 0.1) is 11.0 Å². The summed E-state index contributed by atoms with van der Waals surface area (Å²) in [5.41, 5.74) is 1.24. The van der Waals surface area contributed by atoms with E-state index in [2.05, 4.69) is 10.4 Å². The Morgan fingerprint density at radius 3 is 2.77 bits per heavy atom. The first kappa shape index (κ1) is 17.9. The smallest absolute Gasteiger partial charge is 0.312 e. The molecule has 0 aliphatic heterocycles. The topological polar surface area (TPSA) is 99.3 Å². The van der Waals surface area contributed by atoms with Crippen LogP contribution in [0.4, 0.5) is 11.4 Å². The van der Waals surface area contributed by atoms with E-state index in [9.17, 15) is 14.9 Å². The van der Waals surface area contributed by atoms with Crippen LogP contribution in [-0.4, -0.2) is 26.7 Å². The van der Waals surface area contributed by atoms with Crippen LogP contribution in [0.1, 0.15) is 37.1 Å². The monoisotopic (exact) mass is 358 g/mol. The maximum Gasteiger partial charge on any atom is 0.312 e. The van der Waals surface area contributed by atoms with Crippen LogP contribution < -0.4 is 10.1 Å². The molecule has 2 aromatic rings. The van der Waals surface area contributed by atoms with Gasteiger partial charge in [-0.2, -0.15) is 5.10 Å². The maximum atomic E-state index is 12.3. The molecule has 138 valence electrons. The molecule has 0 bridgehead atoms. The Hall–Kier alpha value is -2.90. The maximum absolute atomic E-state index is 12.3. The minimum absolute atomic E-state index is 0.0511. The molecule has 1 aliphatic carbocycles. The quantitative estimate of drug-likeness (QED) is 0.630. The summed E-state index contributed by atoms with van der Waals surface area (Å²) in [6.45, 7) is 3.05. The summed E-state index contributed by atoms with van der Waals surface area (Å²) in [7, 11) is 0. The average molecular weight is 358 g/mol. The largest absolute Gasteiger partial charge is 0.490 e. The number of carbonyl (C=O) groups is 1. The van der Waals surface area contributed by atoms with Gasteiger partial charge >= 0.3 is 5.69 Å². The fourth-order valence-electron chi connectivity index (χ4n) is 3.29. The second-order valence-electron chi connectivity index (χ2n) is 6.53. The van der Waals surface area contributed by atoms with Crippen molar-refractivity contribution < 1.29 is 14.5 Å². The van der Waals surface area contributed by atoms with Gasteiger partial charge in [0.1, 0.15) is 23.7 Å². The molecule has 0 unspecified atom stereocenters. The van der Waals surface area contributed by atoms with Crippen LogP contribution in [0.15, 0.2) is 24.3 Å².